The van der Waals surface area contributed by atoms with Crippen molar-refractivity contribution in [2.45, 2.75) is 51.2 Å². The van der Waals surface area contributed by atoms with Gasteiger partial charge in [-0.15, -0.1) is 0 Å². The highest BCUT2D eigenvalue weighted by atomic mass is 16.5. The minimum Gasteiger partial charge on any atom is -0.370 e. The number of nitrogens with zero attached hydrogens (tertiary/aromatic N) is 4. The standard InChI is InChI=1S/C18H26N4O3/c1-13-5-10-25-18(11-13)6-8-21(9-7-18)16(23)14-3-4-15-19-20(2)17(24)22(15)12-14/h11,14H,3-10,12H2,1-2H3. The molecule has 3 aliphatic rings. The lowest BCUT2D eigenvalue weighted by molar-refractivity contribution is -0.141. The summed E-state index contributed by atoms with van der Waals surface area (Å²) in [7, 11) is 1.66. The summed E-state index contributed by atoms with van der Waals surface area (Å²) in [6.07, 6.45) is 6.46. The van der Waals surface area contributed by atoms with Gasteiger partial charge in [-0.05, 0) is 32.6 Å². The van der Waals surface area contributed by atoms with Gasteiger partial charge in [0.2, 0.25) is 5.91 Å². The molecule has 0 aliphatic carbocycles. The van der Waals surface area contributed by atoms with Crippen LogP contribution in [0.4, 0.5) is 0 Å². The van der Waals surface area contributed by atoms with Crippen LogP contribution in [0.5, 0.6) is 0 Å². The number of carbonyl (C=O) groups excluding carboxylic acids is 1. The second-order valence-corrected chi connectivity index (χ2v) is 7.65. The van der Waals surface area contributed by atoms with Crippen molar-refractivity contribution in [3.05, 3.63) is 28.0 Å². The third-order valence-electron chi connectivity index (χ3n) is 5.87. The SMILES string of the molecule is CC1=CC2(CCN(C(=O)C3CCc4nn(C)c(=O)n4C3)CC2)OCC1. The fourth-order valence-corrected chi connectivity index (χ4v) is 4.37. The van der Waals surface area contributed by atoms with Crippen molar-refractivity contribution in [3.63, 3.8) is 0 Å². The molecule has 3 aliphatic heterocycles. The van der Waals surface area contributed by atoms with E-state index in [0.29, 0.717) is 13.0 Å². The number of aryl methyl sites for hydroxylation is 2. The first kappa shape index (κ1) is 16.6. The first-order valence-electron chi connectivity index (χ1n) is 9.21. The summed E-state index contributed by atoms with van der Waals surface area (Å²) < 4.78 is 9.07. The topological polar surface area (TPSA) is 69.4 Å². The molecule has 7 heteroatoms. The predicted octanol–water partition coefficient (Wildman–Crippen LogP) is 0.872. The highest BCUT2D eigenvalue weighted by Gasteiger charge is 2.39. The number of piperidine rings is 1. The van der Waals surface area contributed by atoms with E-state index >= 15 is 0 Å². The zero-order valence-corrected chi connectivity index (χ0v) is 15.0. The molecule has 0 N–H and O–H groups in total. The molecule has 7 nitrogen and oxygen atoms in total. The van der Waals surface area contributed by atoms with Crippen LogP contribution in [0, 0.1) is 5.92 Å². The van der Waals surface area contributed by atoms with Gasteiger partial charge < -0.3 is 9.64 Å². The Morgan fingerprint density at radius 3 is 2.80 bits per heavy atom. The minimum atomic E-state index is -0.168. The molecule has 1 fully saturated rings. The van der Waals surface area contributed by atoms with Crippen molar-refractivity contribution in [3.8, 4) is 0 Å². The molecular weight excluding hydrogens is 320 g/mol. The van der Waals surface area contributed by atoms with Gasteiger partial charge in [0.05, 0.1) is 18.1 Å². The molecule has 1 saturated heterocycles. The lowest BCUT2D eigenvalue weighted by Crippen LogP contribution is -2.50. The van der Waals surface area contributed by atoms with Crippen LogP contribution in [0.3, 0.4) is 0 Å². The second-order valence-electron chi connectivity index (χ2n) is 7.65. The molecule has 4 rings (SSSR count). The molecule has 0 aromatic carbocycles. The van der Waals surface area contributed by atoms with Crippen LogP contribution in [-0.4, -0.2) is 50.5 Å². The zero-order valence-electron chi connectivity index (χ0n) is 15.0. The molecule has 1 spiro atoms. The highest BCUT2D eigenvalue weighted by molar-refractivity contribution is 5.79. The van der Waals surface area contributed by atoms with E-state index in [1.165, 1.54) is 10.3 Å². The maximum absolute atomic E-state index is 12.9. The molecule has 4 heterocycles. The number of hydrogen-bond acceptors (Lipinski definition) is 4. The van der Waals surface area contributed by atoms with Crippen LogP contribution >= 0.6 is 0 Å². The third kappa shape index (κ3) is 2.94. The van der Waals surface area contributed by atoms with Crippen LogP contribution < -0.4 is 5.69 Å². The molecule has 1 amide bonds. The van der Waals surface area contributed by atoms with Gasteiger partial charge in [0.1, 0.15) is 5.82 Å². The van der Waals surface area contributed by atoms with Crippen LogP contribution in [0.15, 0.2) is 16.4 Å². The summed E-state index contributed by atoms with van der Waals surface area (Å²) in [6, 6.07) is 0. The smallest absolute Gasteiger partial charge is 0.345 e. The van der Waals surface area contributed by atoms with Gasteiger partial charge in [0, 0.05) is 33.1 Å². The van der Waals surface area contributed by atoms with Crippen molar-refractivity contribution < 1.29 is 9.53 Å². The molecule has 136 valence electrons. The molecular formula is C18H26N4O3. The molecule has 0 radical (unpaired) electrons. The first-order valence-corrected chi connectivity index (χ1v) is 9.21. The van der Waals surface area contributed by atoms with Gasteiger partial charge in [-0.2, -0.15) is 5.10 Å². The lowest BCUT2D eigenvalue weighted by atomic mass is 9.86. The minimum absolute atomic E-state index is 0.118. The van der Waals surface area contributed by atoms with Crippen LogP contribution in [-0.2, 0) is 29.5 Å². The van der Waals surface area contributed by atoms with Gasteiger partial charge in [0.15, 0.2) is 0 Å². The number of hydrogen-bond donors (Lipinski definition) is 0. The first-order chi connectivity index (χ1) is 12.0. The summed E-state index contributed by atoms with van der Waals surface area (Å²) >= 11 is 0. The van der Waals surface area contributed by atoms with Gasteiger partial charge in [0.25, 0.3) is 0 Å². The molecule has 25 heavy (non-hydrogen) atoms. The van der Waals surface area contributed by atoms with Crippen LogP contribution in [0.25, 0.3) is 0 Å². The summed E-state index contributed by atoms with van der Waals surface area (Å²) in [5, 5.41) is 4.24. The van der Waals surface area contributed by atoms with E-state index in [1.807, 2.05) is 4.90 Å². The maximum atomic E-state index is 12.9. The number of likely N-dealkylation sites (tertiary alicyclic amines) is 1. The molecule has 1 unspecified atom stereocenters. The Bertz CT molecular complexity index is 768. The zero-order chi connectivity index (χ0) is 17.6. The van der Waals surface area contributed by atoms with Crippen molar-refractivity contribution in [1.82, 2.24) is 19.2 Å². The Morgan fingerprint density at radius 2 is 2.08 bits per heavy atom. The Balaban J connectivity index is 1.42. The Morgan fingerprint density at radius 1 is 1.32 bits per heavy atom. The van der Waals surface area contributed by atoms with Crippen LogP contribution in [0.1, 0.15) is 38.4 Å². The monoisotopic (exact) mass is 346 g/mol. The fraction of sp³-hybridized carbons (Fsp3) is 0.722. The molecule has 1 aromatic rings. The Kier molecular flexibility index (Phi) is 4.06. The third-order valence-corrected chi connectivity index (χ3v) is 5.87. The predicted molar refractivity (Wildman–Crippen MR) is 92.2 cm³/mol. The number of amides is 1. The largest absolute Gasteiger partial charge is 0.370 e. The van der Waals surface area contributed by atoms with Gasteiger partial charge >= 0.3 is 5.69 Å². The fourth-order valence-electron chi connectivity index (χ4n) is 4.37. The van der Waals surface area contributed by atoms with E-state index in [1.54, 1.807) is 11.6 Å². The summed E-state index contributed by atoms with van der Waals surface area (Å²) in [5.74, 6) is 0.853. The Hall–Kier alpha value is -1.89. The summed E-state index contributed by atoms with van der Waals surface area (Å²) in [4.78, 5) is 27.0. The van der Waals surface area contributed by atoms with Gasteiger partial charge in [-0.1, -0.05) is 11.6 Å². The lowest BCUT2D eigenvalue weighted by Gasteiger charge is -2.43. The van der Waals surface area contributed by atoms with Gasteiger partial charge in [-0.3, -0.25) is 9.36 Å². The van der Waals surface area contributed by atoms with E-state index in [-0.39, 0.29) is 23.1 Å². The van der Waals surface area contributed by atoms with E-state index < -0.39 is 0 Å². The summed E-state index contributed by atoms with van der Waals surface area (Å²) in [5.41, 5.74) is 1.10. The maximum Gasteiger partial charge on any atom is 0.345 e. The Labute approximate surface area is 147 Å². The number of aromatic nitrogens is 3. The highest BCUT2D eigenvalue weighted by Crippen LogP contribution is 2.33. The van der Waals surface area contributed by atoms with Crippen molar-refractivity contribution in [1.29, 1.82) is 0 Å². The average molecular weight is 346 g/mol. The number of ether oxygens (including phenoxy) is 1. The van der Waals surface area contributed by atoms with E-state index in [2.05, 4.69) is 18.1 Å². The van der Waals surface area contributed by atoms with Crippen molar-refractivity contribution in [2.24, 2.45) is 13.0 Å². The average Bonchev–Trinajstić information content (AvgIpc) is 2.89. The van der Waals surface area contributed by atoms with Gasteiger partial charge in [-0.25, -0.2) is 9.48 Å². The van der Waals surface area contributed by atoms with Crippen LogP contribution in [0.2, 0.25) is 0 Å². The molecule has 1 atom stereocenters. The number of carbonyl (C=O) groups is 1. The van der Waals surface area contributed by atoms with E-state index in [9.17, 15) is 9.59 Å². The van der Waals surface area contributed by atoms with Crippen molar-refractivity contribution >= 4 is 5.91 Å². The quantitative estimate of drug-likeness (QED) is 0.708. The molecule has 0 bridgehead atoms. The summed E-state index contributed by atoms with van der Waals surface area (Å²) in [6.45, 7) is 4.86. The second kappa shape index (κ2) is 6.12. The number of fused-ring (bicyclic) bond motifs is 1. The number of rotatable bonds is 1. The molecule has 0 saturated carbocycles. The van der Waals surface area contributed by atoms with Crippen molar-refractivity contribution in [2.75, 3.05) is 19.7 Å². The molecule has 1 aromatic heterocycles. The van der Waals surface area contributed by atoms with E-state index in [4.69, 9.17) is 4.74 Å². The normalized spacial score (nSPS) is 25.6. The van der Waals surface area contributed by atoms with E-state index in [0.717, 1.165) is 51.2 Å².